The third-order valence-electron chi connectivity index (χ3n) is 6.12. The molecule has 2 aromatic carbocycles. The molecule has 0 spiro atoms. The van der Waals surface area contributed by atoms with Gasteiger partial charge in [0.15, 0.2) is 4.80 Å². The Morgan fingerprint density at radius 2 is 1.85 bits per heavy atom. The molecule has 1 aliphatic rings. The highest BCUT2D eigenvalue weighted by atomic mass is 35.5. The number of methoxy groups -OCH3 is 1. The predicted octanol–water partition coefficient (Wildman–Crippen LogP) is 5.76. The summed E-state index contributed by atoms with van der Waals surface area (Å²) in [5.41, 5.74) is 2.00. The highest BCUT2D eigenvalue weighted by Crippen LogP contribution is 2.32. The Morgan fingerprint density at radius 3 is 2.51 bits per heavy atom. The number of furan rings is 1. The second kappa shape index (κ2) is 10.9. The van der Waals surface area contributed by atoms with Gasteiger partial charge in [-0.05, 0) is 68.8 Å². The van der Waals surface area contributed by atoms with Gasteiger partial charge in [-0.25, -0.2) is 9.79 Å². The molecule has 1 unspecified atom stereocenters. The van der Waals surface area contributed by atoms with Crippen molar-refractivity contribution in [1.82, 2.24) is 4.57 Å². The van der Waals surface area contributed by atoms with Crippen LogP contribution in [0.4, 0.5) is 0 Å². The Labute approximate surface area is 238 Å². The Balaban J connectivity index is 1.62. The number of benzene rings is 2. The summed E-state index contributed by atoms with van der Waals surface area (Å²) in [5.74, 6) is 1.21. The Hall–Kier alpha value is -3.59. The second-order valence-corrected chi connectivity index (χ2v) is 11.0. The smallest absolute Gasteiger partial charge is 0.338 e. The fraction of sp³-hybridized carbons (Fsp3) is 0.207. The summed E-state index contributed by atoms with van der Waals surface area (Å²) < 4.78 is 18.8. The molecular formula is C29H24Cl2N2O5S. The number of fused-ring (bicyclic) bond motifs is 1. The maximum Gasteiger partial charge on any atom is 0.338 e. The van der Waals surface area contributed by atoms with E-state index in [-0.39, 0.29) is 11.7 Å². The monoisotopic (exact) mass is 582 g/mol. The van der Waals surface area contributed by atoms with E-state index in [2.05, 4.69) is 4.99 Å². The number of rotatable bonds is 6. The van der Waals surface area contributed by atoms with E-state index in [4.69, 9.17) is 37.1 Å². The summed E-state index contributed by atoms with van der Waals surface area (Å²) in [4.78, 5) is 32.1. The standard InChI is InChI=1S/C29H24Cl2N2O5S/c1-15(2)37-28(35)25-16(3)32-29-33(26(25)17-5-8-19(36-4)9-6-17)27(34)24(39-29)14-20-10-12-23(38-20)18-7-11-21(30)22(31)13-18/h5-15,26H,1-4H3/b24-14-. The van der Waals surface area contributed by atoms with Gasteiger partial charge in [0.05, 0.1) is 45.1 Å². The van der Waals surface area contributed by atoms with Gasteiger partial charge in [-0.1, -0.05) is 46.7 Å². The van der Waals surface area contributed by atoms with Crippen molar-refractivity contribution in [3.8, 4) is 17.1 Å². The first kappa shape index (κ1) is 27.0. The molecule has 1 atom stereocenters. The van der Waals surface area contributed by atoms with Gasteiger partial charge in [0.1, 0.15) is 17.3 Å². The molecule has 3 heterocycles. The van der Waals surface area contributed by atoms with Crippen LogP contribution in [0.15, 0.2) is 80.1 Å². The molecular weight excluding hydrogens is 559 g/mol. The van der Waals surface area contributed by atoms with Crippen molar-refractivity contribution in [2.75, 3.05) is 7.11 Å². The summed E-state index contributed by atoms with van der Waals surface area (Å²) in [5, 5.41) is 0.868. The number of ether oxygens (including phenoxy) is 2. The molecule has 0 amide bonds. The number of allylic oxidation sites excluding steroid dienone is 1. The van der Waals surface area contributed by atoms with Crippen LogP contribution < -0.4 is 19.6 Å². The zero-order valence-electron chi connectivity index (χ0n) is 21.5. The fourth-order valence-corrected chi connectivity index (χ4v) is 5.65. The lowest BCUT2D eigenvalue weighted by Crippen LogP contribution is -2.40. The van der Waals surface area contributed by atoms with Crippen molar-refractivity contribution >= 4 is 46.6 Å². The summed E-state index contributed by atoms with van der Waals surface area (Å²) in [7, 11) is 1.58. The van der Waals surface area contributed by atoms with Gasteiger partial charge in [0, 0.05) is 11.6 Å². The number of nitrogens with zero attached hydrogens (tertiary/aromatic N) is 2. The molecule has 2 aromatic heterocycles. The van der Waals surface area contributed by atoms with Crippen molar-refractivity contribution in [2.45, 2.75) is 32.9 Å². The molecule has 200 valence electrons. The summed E-state index contributed by atoms with van der Waals surface area (Å²) in [6.45, 7) is 5.31. The number of halogens is 2. The minimum Gasteiger partial charge on any atom is -0.497 e. The lowest BCUT2D eigenvalue weighted by atomic mass is 9.96. The maximum absolute atomic E-state index is 13.8. The van der Waals surface area contributed by atoms with Crippen molar-refractivity contribution < 1.29 is 18.7 Å². The van der Waals surface area contributed by atoms with Crippen LogP contribution in [0.25, 0.3) is 17.4 Å². The topological polar surface area (TPSA) is 83.0 Å². The number of carbonyl (C=O) groups is 1. The van der Waals surface area contributed by atoms with Gasteiger partial charge >= 0.3 is 5.97 Å². The van der Waals surface area contributed by atoms with Crippen molar-refractivity contribution in [1.29, 1.82) is 0 Å². The highest BCUT2D eigenvalue weighted by Gasteiger charge is 2.33. The van der Waals surface area contributed by atoms with Gasteiger partial charge in [-0.2, -0.15) is 0 Å². The molecule has 0 fully saturated rings. The van der Waals surface area contributed by atoms with Gasteiger partial charge in [0.25, 0.3) is 5.56 Å². The number of aromatic nitrogens is 1. The zero-order chi connectivity index (χ0) is 27.8. The van der Waals surface area contributed by atoms with Crippen LogP contribution in [0.5, 0.6) is 5.75 Å². The van der Waals surface area contributed by atoms with E-state index in [0.29, 0.717) is 47.9 Å². The number of thiazole rings is 1. The van der Waals surface area contributed by atoms with Crippen LogP contribution >= 0.6 is 34.5 Å². The Bertz CT molecular complexity index is 1780. The van der Waals surface area contributed by atoms with Crippen LogP contribution in [-0.2, 0) is 9.53 Å². The first-order valence-electron chi connectivity index (χ1n) is 12.1. The molecule has 7 nitrogen and oxygen atoms in total. The summed E-state index contributed by atoms with van der Waals surface area (Å²) in [6, 6.07) is 15.3. The fourth-order valence-electron chi connectivity index (χ4n) is 4.33. The van der Waals surface area contributed by atoms with Gasteiger partial charge < -0.3 is 13.9 Å². The molecule has 0 bridgehead atoms. The number of esters is 1. The third-order valence-corrected chi connectivity index (χ3v) is 7.84. The minimum atomic E-state index is -0.719. The number of hydrogen-bond acceptors (Lipinski definition) is 7. The average Bonchev–Trinajstić information content (AvgIpc) is 3.49. The minimum absolute atomic E-state index is 0.297. The largest absolute Gasteiger partial charge is 0.497 e. The van der Waals surface area contributed by atoms with Crippen LogP contribution in [0.3, 0.4) is 0 Å². The molecule has 0 saturated heterocycles. The molecule has 39 heavy (non-hydrogen) atoms. The van der Waals surface area contributed by atoms with Crippen LogP contribution in [-0.4, -0.2) is 23.8 Å². The van der Waals surface area contributed by atoms with E-state index in [1.54, 1.807) is 76.4 Å². The number of carbonyl (C=O) groups excluding carboxylic acids is 1. The van der Waals surface area contributed by atoms with E-state index in [9.17, 15) is 9.59 Å². The third kappa shape index (κ3) is 5.32. The van der Waals surface area contributed by atoms with Crippen LogP contribution in [0.2, 0.25) is 10.0 Å². The van der Waals surface area contributed by atoms with Crippen molar-refractivity contribution in [3.63, 3.8) is 0 Å². The van der Waals surface area contributed by atoms with Crippen LogP contribution in [0.1, 0.15) is 38.1 Å². The summed E-state index contributed by atoms with van der Waals surface area (Å²) >= 11 is 13.4. The van der Waals surface area contributed by atoms with E-state index in [1.807, 2.05) is 12.1 Å². The molecule has 1 aliphatic heterocycles. The molecule has 0 saturated carbocycles. The first-order chi connectivity index (χ1) is 18.7. The Morgan fingerprint density at radius 1 is 1.10 bits per heavy atom. The quantitative estimate of drug-likeness (QED) is 0.270. The van der Waals surface area contributed by atoms with Gasteiger partial charge in [-0.3, -0.25) is 9.36 Å². The predicted molar refractivity (Wildman–Crippen MR) is 152 cm³/mol. The normalized spacial score (nSPS) is 15.4. The van der Waals surface area contributed by atoms with E-state index in [0.717, 1.165) is 11.1 Å². The lowest BCUT2D eigenvalue weighted by Gasteiger charge is -2.25. The lowest BCUT2D eigenvalue weighted by molar-refractivity contribution is -0.143. The van der Waals surface area contributed by atoms with Crippen molar-refractivity contribution in [3.05, 3.63) is 107 Å². The van der Waals surface area contributed by atoms with Crippen molar-refractivity contribution in [2.24, 2.45) is 4.99 Å². The molecule has 0 radical (unpaired) electrons. The first-order valence-corrected chi connectivity index (χ1v) is 13.7. The Kier molecular flexibility index (Phi) is 7.53. The number of hydrogen-bond donors (Lipinski definition) is 0. The van der Waals surface area contributed by atoms with Crippen LogP contribution in [0, 0.1) is 0 Å². The molecule has 4 aromatic rings. The molecule has 5 rings (SSSR count). The van der Waals surface area contributed by atoms with Gasteiger partial charge in [-0.15, -0.1) is 0 Å². The molecule has 0 aliphatic carbocycles. The molecule has 10 heteroatoms. The SMILES string of the molecule is COc1ccc(C2C(C(=O)OC(C)C)=C(C)N=c3s/c(=C\c4ccc(-c5ccc(Cl)c(Cl)c5)o4)c(=O)n32)cc1. The zero-order valence-corrected chi connectivity index (χ0v) is 23.9. The summed E-state index contributed by atoms with van der Waals surface area (Å²) in [6.07, 6.45) is 1.34. The highest BCUT2D eigenvalue weighted by molar-refractivity contribution is 7.07. The van der Waals surface area contributed by atoms with E-state index >= 15 is 0 Å². The van der Waals surface area contributed by atoms with E-state index in [1.165, 1.54) is 15.9 Å². The average molecular weight is 583 g/mol. The second-order valence-electron chi connectivity index (χ2n) is 9.14. The molecule has 0 N–H and O–H groups in total. The van der Waals surface area contributed by atoms with Gasteiger partial charge in [0.2, 0.25) is 0 Å². The maximum atomic E-state index is 13.8. The van der Waals surface area contributed by atoms with E-state index < -0.39 is 12.0 Å².